The summed E-state index contributed by atoms with van der Waals surface area (Å²) in [6, 6.07) is 24.4. The molecule has 2 heteroatoms. The molecular formula is C20H14OS. The summed E-state index contributed by atoms with van der Waals surface area (Å²) in [6.45, 7) is 0. The van der Waals surface area contributed by atoms with Crippen LogP contribution in [0.3, 0.4) is 0 Å². The van der Waals surface area contributed by atoms with Crippen molar-refractivity contribution in [1.82, 2.24) is 0 Å². The maximum absolute atomic E-state index is 12.7. The number of benzene rings is 3. The zero-order chi connectivity index (χ0) is 14.9. The maximum Gasteiger partial charge on any atom is 0.193 e. The van der Waals surface area contributed by atoms with Gasteiger partial charge < -0.3 is 0 Å². The fourth-order valence-corrected chi connectivity index (χ4v) is 3.73. The lowest BCUT2D eigenvalue weighted by Gasteiger charge is -2.19. The van der Waals surface area contributed by atoms with Crippen LogP contribution in [0.1, 0.15) is 27.0 Å². The molecule has 0 saturated heterocycles. The second-order valence-corrected chi connectivity index (χ2v) is 6.54. The van der Waals surface area contributed by atoms with Gasteiger partial charge in [-0.3, -0.25) is 4.79 Å². The van der Waals surface area contributed by atoms with Gasteiger partial charge in [-0.25, -0.2) is 0 Å². The molecule has 4 rings (SSSR count). The lowest BCUT2D eigenvalue weighted by Crippen LogP contribution is -2.14. The number of ketones is 1. The van der Waals surface area contributed by atoms with E-state index in [1.807, 2.05) is 48.5 Å². The quantitative estimate of drug-likeness (QED) is 0.520. The van der Waals surface area contributed by atoms with Gasteiger partial charge in [0.1, 0.15) is 0 Å². The van der Waals surface area contributed by atoms with Gasteiger partial charge in [-0.2, -0.15) is 0 Å². The van der Waals surface area contributed by atoms with E-state index in [1.54, 1.807) is 11.8 Å². The summed E-state index contributed by atoms with van der Waals surface area (Å²) >= 11 is 1.69. The highest BCUT2D eigenvalue weighted by atomic mass is 32.2. The molecule has 3 aromatic carbocycles. The predicted molar refractivity (Wildman–Crippen MR) is 89.7 cm³/mol. The van der Waals surface area contributed by atoms with E-state index in [-0.39, 0.29) is 5.78 Å². The van der Waals surface area contributed by atoms with E-state index in [0.717, 1.165) is 33.6 Å². The molecule has 0 bridgehead atoms. The first-order chi connectivity index (χ1) is 10.8. The molecule has 0 radical (unpaired) electrons. The van der Waals surface area contributed by atoms with Gasteiger partial charge in [-0.05, 0) is 41.8 Å². The predicted octanol–water partition coefficient (Wildman–Crippen LogP) is 4.97. The molecule has 0 N–H and O–H groups in total. The van der Waals surface area contributed by atoms with E-state index in [9.17, 15) is 4.79 Å². The second kappa shape index (κ2) is 5.47. The smallest absolute Gasteiger partial charge is 0.193 e. The number of fused-ring (bicyclic) bond motifs is 2. The highest BCUT2D eigenvalue weighted by molar-refractivity contribution is 7.99. The molecule has 0 amide bonds. The van der Waals surface area contributed by atoms with Gasteiger partial charge in [0.05, 0.1) is 0 Å². The number of carbonyl (C=O) groups excluding carboxylic acids is 1. The first kappa shape index (κ1) is 13.4. The average molecular weight is 302 g/mol. The summed E-state index contributed by atoms with van der Waals surface area (Å²) in [5, 5.41) is 0. The lowest BCUT2D eigenvalue weighted by molar-refractivity contribution is 0.103. The topological polar surface area (TPSA) is 17.1 Å². The summed E-state index contributed by atoms with van der Waals surface area (Å²) < 4.78 is 0. The molecule has 0 aliphatic heterocycles. The molecule has 22 heavy (non-hydrogen) atoms. The molecule has 1 nitrogen and oxygen atoms in total. The molecule has 0 saturated carbocycles. The Balaban J connectivity index is 1.71. The van der Waals surface area contributed by atoms with Crippen LogP contribution < -0.4 is 0 Å². The Morgan fingerprint density at radius 1 is 0.682 bits per heavy atom. The monoisotopic (exact) mass is 302 g/mol. The number of carbonyl (C=O) groups is 1. The van der Waals surface area contributed by atoms with Crippen molar-refractivity contribution in [3.63, 3.8) is 0 Å². The van der Waals surface area contributed by atoms with E-state index >= 15 is 0 Å². The Kier molecular flexibility index (Phi) is 3.32. The molecule has 0 heterocycles. The van der Waals surface area contributed by atoms with Crippen molar-refractivity contribution < 1.29 is 4.79 Å². The van der Waals surface area contributed by atoms with Crippen LogP contribution in [0.5, 0.6) is 0 Å². The van der Waals surface area contributed by atoms with E-state index in [0.29, 0.717) is 0 Å². The largest absolute Gasteiger partial charge is 0.289 e. The van der Waals surface area contributed by atoms with E-state index < -0.39 is 0 Å². The van der Waals surface area contributed by atoms with Crippen LogP contribution in [-0.2, 0) is 6.42 Å². The van der Waals surface area contributed by atoms with Crippen molar-refractivity contribution in [2.24, 2.45) is 0 Å². The molecule has 1 aliphatic carbocycles. The zero-order valence-electron chi connectivity index (χ0n) is 12.0. The van der Waals surface area contributed by atoms with Crippen LogP contribution in [0.25, 0.3) is 0 Å². The van der Waals surface area contributed by atoms with E-state index in [2.05, 4.69) is 24.3 Å². The van der Waals surface area contributed by atoms with Gasteiger partial charge >= 0.3 is 0 Å². The molecule has 106 valence electrons. The SMILES string of the molecule is O=C1c2ccccc2Cc2ccc(Sc3ccccc3)cc21. The molecule has 3 aromatic rings. The second-order valence-electron chi connectivity index (χ2n) is 5.40. The van der Waals surface area contributed by atoms with Crippen molar-refractivity contribution in [1.29, 1.82) is 0 Å². The van der Waals surface area contributed by atoms with Crippen molar-refractivity contribution in [3.05, 3.63) is 95.1 Å². The lowest BCUT2D eigenvalue weighted by atomic mass is 9.85. The molecule has 0 unspecified atom stereocenters. The van der Waals surface area contributed by atoms with Gasteiger partial charge in [0.15, 0.2) is 5.78 Å². The Labute approximate surface area is 134 Å². The van der Waals surface area contributed by atoms with Crippen molar-refractivity contribution in [2.45, 2.75) is 16.2 Å². The Morgan fingerprint density at radius 2 is 1.41 bits per heavy atom. The summed E-state index contributed by atoms with van der Waals surface area (Å²) in [5.74, 6) is 0.146. The van der Waals surface area contributed by atoms with Crippen molar-refractivity contribution >= 4 is 17.5 Å². The number of rotatable bonds is 2. The highest BCUT2D eigenvalue weighted by Gasteiger charge is 2.22. The van der Waals surface area contributed by atoms with Gasteiger partial charge in [-0.15, -0.1) is 0 Å². The van der Waals surface area contributed by atoms with Crippen molar-refractivity contribution in [3.8, 4) is 0 Å². The fraction of sp³-hybridized carbons (Fsp3) is 0.0500. The van der Waals surface area contributed by atoms with E-state index in [4.69, 9.17) is 0 Å². The standard InChI is InChI=1S/C20H14OS/c21-20-18-9-5-4-6-14(18)12-15-10-11-17(13-19(15)20)22-16-7-2-1-3-8-16/h1-11,13H,12H2. The molecule has 0 atom stereocenters. The third kappa shape index (κ3) is 2.36. The van der Waals surface area contributed by atoms with Gasteiger partial charge in [-0.1, -0.05) is 60.3 Å². The summed E-state index contributed by atoms with van der Waals surface area (Å²) in [5.41, 5.74) is 3.95. The molecule has 0 spiro atoms. The summed E-state index contributed by atoms with van der Waals surface area (Å²) in [7, 11) is 0. The third-order valence-corrected chi connectivity index (χ3v) is 4.95. The Bertz CT molecular complexity index is 853. The third-order valence-electron chi connectivity index (χ3n) is 3.95. The van der Waals surface area contributed by atoms with Crippen LogP contribution >= 0.6 is 11.8 Å². The number of hydrogen-bond acceptors (Lipinski definition) is 2. The number of hydrogen-bond donors (Lipinski definition) is 0. The zero-order valence-corrected chi connectivity index (χ0v) is 12.8. The molecule has 0 fully saturated rings. The molecular weight excluding hydrogens is 288 g/mol. The minimum atomic E-state index is 0.146. The molecule has 0 aromatic heterocycles. The van der Waals surface area contributed by atoms with Crippen LogP contribution in [0.4, 0.5) is 0 Å². The summed E-state index contributed by atoms with van der Waals surface area (Å²) in [4.78, 5) is 15.0. The summed E-state index contributed by atoms with van der Waals surface area (Å²) in [6.07, 6.45) is 0.841. The van der Waals surface area contributed by atoms with Crippen LogP contribution in [-0.4, -0.2) is 5.78 Å². The van der Waals surface area contributed by atoms with Crippen LogP contribution in [0.15, 0.2) is 82.6 Å². The Morgan fingerprint density at radius 3 is 2.27 bits per heavy atom. The minimum absolute atomic E-state index is 0.146. The minimum Gasteiger partial charge on any atom is -0.289 e. The Hall–Kier alpha value is -2.32. The van der Waals surface area contributed by atoms with Gasteiger partial charge in [0.2, 0.25) is 0 Å². The first-order valence-corrected chi connectivity index (χ1v) is 8.11. The molecule has 1 aliphatic rings. The van der Waals surface area contributed by atoms with Crippen molar-refractivity contribution in [2.75, 3.05) is 0 Å². The maximum atomic E-state index is 12.7. The van der Waals surface area contributed by atoms with Gasteiger partial charge in [0.25, 0.3) is 0 Å². The highest BCUT2D eigenvalue weighted by Crippen LogP contribution is 2.33. The van der Waals surface area contributed by atoms with E-state index in [1.165, 1.54) is 4.90 Å². The normalized spacial score (nSPS) is 12.6. The average Bonchev–Trinajstić information content (AvgIpc) is 2.57. The fourth-order valence-electron chi connectivity index (χ4n) is 2.86. The first-order valence-electron chi connectivity index (χ1n) is 7.30. The van der Waals surface area contributed by atoms with Crippen LogP contribution in [0.2, 0.25) is 0 Å². The van der Waals surface area contributed by atoms with Gasteiger partial charge in [0, 0.05) is 20.9 Å². The van der Waals surface area contributed by atoms with Crippen LogP contribution in [0, 0.1) is 0 Å².